The summed E-state index contributed by atoms with van der Waals surface area (Å²) < 4.78 is 12.2. The third-order valence-electron chi connectivity index (χ3n) is 4.28. The van der Waals surface area contributed by atoms with Gasteiger partial charge in [0, 0.05) is 25.3 Å². The highest BCUT2D eigenvalue weighted by Gasteiger charge is 2.22. The van der Waals surface area contributed by atoms with Gasteiger partial charge in [-0.1, -0.05) is 0 Å². The Kier molecular flexibility index (Phi) is 6.08. The Labute approximate surface area is 161 Å². The highest BCUT2D eigenvalue weighted by Crippen LogP contribution is 2.26. The Hall–Kier alpha value is -2.45. The van der Waals surface area contributed by atoms with Crippen molar-refractivity contribution < 1.29 is 19.1 Å². The van der Waals surface area contributed by atoms with Gasteiger partial charge in [0.25, 0.3) is 5.91 Å². The number of benzene rings is 1. The van der Waals surface area contributed by atoms with Crippen LogP contribution in [0.2, 0.25) is 0 Å². The van der Waals surface area contributed by atoms with E-state index in [4.69, 9.17) is 14.3 Å². The van der Waals surface area contributed by atoms with Gasteiger partial charge in [0.2, 0.25) is 5.89 Å². The molecule has 0 saturated carbocycles. The number of oxazole rings is 1. The summed E-state index contributed by atoms with van der Waals surface area (Å²) in [5, 5.41) is 10.1. The van der Waals surface area contributed by atoms with Gasteiger partial charge in [0.15, 0.2) is 12.3 Å². The lowest BCUT2D eigenvalue weighted by atomic mass is 10.2. The molecule has 2 aromatic heterocycles. The van der Waals surface area contributed by atoms with E-state index in [-0.39, 0.29) is 30.9 Å². The molecule has 0 aliphatic rings. The van der Waals surface area contributed by atoms with Crippen molar-refractivity contribution in [2.75, 3.05) is 13.2 Å². The Morgan fingerprint density at radius 3 is 2.96 bits per heavy atom. The maximum Gasteiger partial charge on any atom is 0.276 e. The smallest absolute Gasteiger partial charge is 0.276 e. The van der Waals surface area contributed by atoms with Crippen molar-refractivity contribution in [2.24, 2.45) is 0 Å². The van der Waals surface area contributed by atoms with Gasteiger partial charge in [-0.25, -0.2) is 9.97 Å². The average molecular weight is 389 g/mol. The molecule has 0 radical (unpaired) electrons. The van der Waals surface area contributed by atoms with E-state index in [1.807, 2.05) is 39.0 Å². The molecule has 7 nitrogen and oxygen atoms in total. The summed E-state index contributed by atoms with van der Waals surface area (Å²) in [6.45, 7) is 6.46. The molecule has 0 saturated heterocycles. The topological polar surface area (TPSA) is 88.7 Å². The first-order valence-electron chi connectivity index (χ1n) is 8.88. The van der Waals surface area contributed by atoms with Gasteiger partial charge in [0.1, 0.15) is 12.0 Å². The van der Waals surface area contributed by atoms with Gasteiger partial charge >= 0.3 is 0 Å². The van der Waals surface area contributed by atoms with Crippen LogP contribution in [0.1, 0.15) is 41.7 Å². The van der Waals surface area contributed by atoms with Crippen molar-refractivity contribution in [1.82, 2.24) is 14.9 Å². The van der Waals surface area contributed by atoms with Gasteiger partial charge in [-0.15, -0.1) is 11.3 Å². The SMILES string of the molecule is CCN(C(=O)c1coc(COc2ccc3sc(C)nc3c2)n1)C(C)CCO. The molecule has 0 bridgehead atoms. The molecule has 0 fully saturated rings. The number of rotatable bonds is 8. The normalized spacial score (nSPS) is 12.3. The van der Waals surface area contributed by atoms with Crippen molar-refractivity contribution in [3.8, 4) is 5.75 Å². The molecular formula is C19H23N3O4S. The summed E-state index contributed by atoms with van der Waals surface area (Å²) in [6.07, 6.45) is 1.87. The zero-order valence-corrected chi connectivity index (χ0v) is 16.5. The summed E-state index contributed by atoms with van der Waals surface area (Å²) >= 11 is 1.64. The first-order chi connectivity index (χ1) is 13.0. The Morgan fingerprint density at radius 2 is 2.22 bits per heavy atom. The number of amides is 1. The molecule has 0 aliphatic carbocycles. The lowest BCUT2D eigenvalue weighted by Gasteiger charge is -2.26. The van der Waals surface area contributed by atoms with Crippen molar-refractivity contribution >= 4 is 27.5 Å². The summed E-state index contributed by atoms with van der Waals surface area (Å²) in [6, 6.07) is 5.66. The minimum absolute atomic E-state index is 0.0334. The van der Waals surface area contributed by atoms with Gasteiger partial charge in [-0.05, 0) is 39.3 Å². The van der Waals surface area contributed by atoms with Crippen molar-refractivity contribution in [3.63, 3.8) is 0 Å². The minimum atomic E-state index is -0.215. The highest BCUT2D eigenvalue weighted by molar-refractivity contribution is 7.18. The quantitative estimate of drug-likeness (QED) is 0.635. The highest BCUT2D eigenvalue weighted by atomic mass is 32.1. The second kappa shape index (κ2) is 8.49. The molecule has 1 unspecified atom stereocenters. The molecule has 1 amide bonds. The molecule has 3 rings (SSSR count). The number of aryl methyl sites for hydroxylation is 1. The number of hydrogen-bond acceptors (Lipinski definition) is 7. The van der Waals surface area contributed by atoms with Crippen LogP contribution in [0.4, 0.5) is 0 Å². The fourth-order valence-electron chi connectivity index (χ4n) is 2.88. The van der Waals surface area contributed by atoms with Crippen molar-refractivity contribution in [1.29, 1.82) is 0 Å². The molecular weight excluding hydrogens is 366 g/mol. The molecule has 27 heavy (non-hydrogen) atoms. The summed E-state index contributed by atoms with van der Waals surface area (Å²) in [7, 11) is 0. The number of ether oxygens (including phenoxy) is 1. The van der Waals surface area contributed by atoms with E-state index in [2.05, 4.69) is 9.97 Å². The first-order valence-corrected chi connectivity index (χ1v) is 9.69. The second-order valence-corrected chi connectivity index (χ2v) is 7.46. The Morgan fingerprint density at radius 1 is 1.41 bits per heavy atom. The largest absolute Gasteiger partial charge is 0.484 e. The summed E-state index contributed by atoms with van der Waals surface area (Å²) in [4.78, 5) is 23.0. The number of aromatic nitrogens is 2. The van der Waals surface area contributed by atoms with E-state index in [1.165, 1.54) is 6.26 Å². The van der Waals surface area contributed by atoms with E-state index in [0.717, 1.165) is 15.2 Å². The monoisotopic (exact) mass is 389 g/mol. The standard InChI is InChI=1S/C19H23N3O4S/c1-4-22(12(2)7-8-23)19(24)16-10-26-18(21-16)11-25-14-5-6-17-15(9-14)20-13(3)27-17/h5-6,9-10,12,23H,4,7-8,11H2,1-3H3. The predicted molar refractivity (Wildman–Crippen MR) is 103 cm³/mol. The van der Waals surface area contributed by atoms with Crippen LogP contribution in [0.5, 0.6) is 5.75 Å². The Balaban J connectivity index is 1.65. The van der Waals surface area contributed by atoms with E-state index < -0.39 is 0 Å². The molecule has 8 heteroatoms. The third-order valence-corrected chi connectivity index (χ3v) is 5.23. The van der Waals surface area contributed by atoms with Gasteiger partial charge in [-0.3, -0.25) is 4.79 Å². The lowest BCUT2D eigenvalue weighted by molar-refractivity contribution is 0.0673. The van der Waals surface area contributed by atoms with E-state index in [9.17, 15) is 4.79 Å². The Bertz CT molecular complexity index is 921. The molecule has 1 atom stereocenters. The molecule has 1 N–H and O–H groups in total. The van der Waals surface area contributed by atoms with E-state index in [0.29, 0.717) is 24.6 Å². The molecule has 144 valence electrons. The average Bonchev–Trinajstić information content (AvgIpc) is 3.25. The van der Waals surface area contributed by atoms with Crippen LogP contribution < -0.4 is 4.74 Å². The van der Waals surface area contributed by atoms with Crippen LogP contribution in [0.15, 0.2) is 28.9 Å². The maximum atomic E-state index is 12.6. The van der Waals surface area contributed by atoms with Crippen LogP contribution in [0.3, 0.4) is 0 Å². The summed E-state index contributed by atoms with van der Waals surface area (Å²) in [5.74, 6) is 0.789. The number of carbonyl (C=O) groups is 1. The van der Waals surface area contributed by atoms with Crippen LogP contribution in [0.25, 0.3) is 10.2 Å². The van der Waals surface area contributed by atoms with Gasteiger partial charge < -0.3 is 19.2 Å². The number of nitrogens with zero attached hydrogens (tertiary/aromatic N) is 3. The number of aliphatic hydroxyl groups excluding tert-OH is 1. The van der Waals surface area contributed by atoms with Crippen LogP contribution >= 0.6 is 11.3 Å². The summed E-state index contributed by atoms with van der Waals surface area (Å²) in [5.41, 5.74) is 1.14. The fourth-order valence-corrected chi connectivity index (χ4v) is 3.69. The zero-order valence-electron chi connectivity index (χ0n) is 15.6. The second-order valence-electron chi connectivity index (χ2n) is 6.23. The first kappa shape index (κ1) is 19.3. The molecule has 0 aliphatic heterocycles. The van der Waals surface area contributed by atoms with Gasteiger partial charge in [0.05, 0.1) is 15.2 Å². The number of fused-ring (bicyclic) bond motifs is 1. The third kappa shape index (κ3) is 4.45. The number of carbonyl (C=O) groups excluding carboxylic acids is 1. The van der Waals surface area contributed by atoms with Crippen LogP contribution in [-0.4, -0.2) is 45.1 Å². The van der Waals surface area contributed by atoms with Crippen LogP contribution in [-0.2, 0) is 6.61 Å². The van der Waals surface area contributed by atoms with E-state index >= 15 is 0 Å². The molecule has 3 aromatic rings. The molecule has 2 heterocycles. The molecule has 0 spiro atoms. The number of aliphatic hydroxyl groups is 1. The zero-order chi connectivity index (χ0) is 19.4. The minimum Gasteiger partial charge on any atom is -0.484 e. The van der Waals surface area contributed by atoms with Gasteiger partial charge in [-0.2, -0.15) is 0 Å². The van der Waals surface area contributed by atoms with Crippen molar-refractivity contribution in [2.45, 2.75) is 39.8 Å². The maximum absolute atomic E-state index is 12.6. The number of hydrogen-bond donors (Lipinski definition) is 1. The predicted octanol–water partition coefficient (Wildman–Crippen LogP) is 3.40. The fraction of sp³-hybridized carbons (Fsp3) is 0.421. The van der Waals surface area contributed by atoms with E-state index in [1.54, 1.807) is 16.2 Å². The van der Waals surface area contributed by atoms with Crippen LogP contribution in [0, 0.1) is 6.92 Å². The lowest BCUT2D eigenvalue weighted by Crippen LogP contribution is -2.39. The van der Waals surface area contributed by atoms with Crippen molar-refractivity contribution in [3.05, 3.63) is 41.1 Å². The number of thiazole rings is 1. The molecule has 1 aromatic carbocycles.